The number of ether oxygens (including phenoxy) is 2. The standard InChI is InChI=1S/C13H19NO3/c1-16-11-7-9(3-4-13(14)5-6-13)10(15)8-12(11)17-2/h7-8,15H,3-6,14H2,1-2H3. The summed E-state index contributed by atoms with van der Waals surface area (Å²) < 4.78 is 10.3. The van der Waals surface area contributed by atoms with Crippen molar-refractivity contribution in [2.45, 2.75) is 31.2 Å². The minimum absolute atomic E-state index is 0.000394. The van der Waals surface area contributed by atoms with Crippen molar-refractivity contribution in [1.29, 1.82) is 0 Å². The van der Waals surface area contributed by atoms with Crippen LogP contribution in [0.2, 0.25) is 0 Å². The molecule has 1 fully saturated rings. The largest absolute Gasteiger partial charge is 0.508 e. The quantitative estimate of drug-likeness (QED) is 0.820. The molecule has 17 heavy (non-hydrogen) atoms. The minimum Gasteiger partial charge on any atom is -0.508 e. The minimum atomic E-state index is -0.000394. The second-order valence-corrected chi connectivity index (χ2v) is 4.70. The lowest BCUT2D eigenvalue weighted by molar-refractivity contribution is 0.350. The van der Waals surface area contributed by atoms with Crippen molar-refractivity contribution in [1.82, 2.24) is 0 Å². The van der Waals surface area contributed by atoms with E-state index in [0.29, 0.717) is 11.5 Å². The van der Waals surface area contributed by atoms with E-state index in [1.807, 2.05) is 6.07 Å². The second-order valence-electron chi connectivity index (χ2n) is 4.70. The zero-order chi connectivity index (χ0) is 12.5. The van der Waals surface area contributed by atoms with Crippen molar-refractivity contribution in [2.75, 3.05) is 14.2 Å². The van der Waals surface area contributed by atoms with Crippen LogP contribution in [0.15, 0.2) is 12.1 Å². The molecule has 1 aromatic rings. The number of benzene rings is 1. The smallest absolute Gasteiger partial charge is 0.164 e. The van der Waals surface area contributed by atoms with E-state index in [1.165, 1.54) is 0 Å². The summed E-state index contributed by atoms with van der Waals surface area (Å²) in [5.41, 5.74) is 6.89. The molecule has 0 unspecified atom stereocenters. The first-order valence-corrected chi connectivity index (χ1v) is 5.81. The molecule has 0 saturated heterocycles. The van der Waals surface area contributed by atoms with Gasteiger partial charge in [-0.2, -0.15) is 0 Å². The molecular formula is C13H19NO3. The molecule has 0 heterocycles. The fourth-order valence-electron chi connectivity index (χ4n) is 1.90. The van der Waals surface area contributed by atoms with Gasteiger partial charge in [0, 0.05) is 11.6 Å². The fraction of sp³-hybridized carbons (Fsp3) is 0.538. The normalized spacial score (nSPS) is 16.6. The number of hydrogen-bond acceptors (Lipinski definition) is 4. The Labute approximate surface area is 101 Å². The van der Waals surface area contributed by atoms with Crippen LogP contribution in [0.5, 0.6) is 17.2 Å². The van der Waals surface area contributed by atoms with Crippen LogP contribution in [0, 0.1) is 0 Å². The molecule has 0 bridgehead atoms. The first-order chi connectivity index (χ1) is 8.08. The zero-order valence-electron chi connectivity index (χ0n) is 10.3. The van der Waals surface area contributed by atoms with Crippen molar-refractivity contribution in [2.24, 2.45) is 5.73 Å². The summed E-state index contributed by atoms with van der Waals surface area (Å²) in [7, 11) is 3.14. The molecule has 1 aliphatic rings. The monoisotopic (exact) mass is 237 g/mol. The van der Waals surface area contributed by atoms with E-state index >= 15 is 0 Å². The number of phenolic OH excluding ortho intramolecular Hbond substituents is 1. The van der Waals surface area contributed by atoms with Crippen LogP contribution in [-0.4, -0.2) is 24.9 Å². The van der Waals surface area contributed by atoms with Crippen molar-refractivity contribution >= 4 is 0 Å². The van der Waals surface area contributed by atoms with Gasteiger partial charge in [-0.25, -0.2) is 0 Å². The Kier molecular flexibility index (Phi) is 3.15. The summed E-state index contributed by atoms with van der Waals surface area (Å²) in [6, 6.07) is 3.41. The molecule has 0 aromatic heterocycles. The van der Waals surface area contributed by atoms with E-state index in [2.05, 4.69) is 0 Å². The number of nitrogens with two attached hydrogens (primary N) is 1. The highest BCUT2D eigenvalue weighted by Gasteiger charge is 2.37. The highest BCUT2D eigenvalue weighted by molar-refractivity contribution is 5.50. The third-order valence-corrected chi connectivity index (χ3v) is 3.37. The predicted molar refractivity (Wildman–Crippen MR) is 65.7 cm³/mol. The molecule has 2 rings (SSSR count). The van der Waals surface area contributed by atoms with Crippen molar-refractivity contribution in [3.05, 3.63) is 17.7 Å². The molecule has 4 nitrogen and oxygen atoms in total. The van der Waals surface area contributed by atoms with E-state index < -0.39 is 0 Å². The number of aryl methyl sites for hydroxylation is 1. The third-order valence-electron chi connectivity index (χ3n) is 3.37. The van der Waals surface area contributed by atoms with Crippen molar-refractivity contribution in [3.8, 4) is 17.2 Å². The second kappa shape index (κ2) is 4.45. The molecule has 1 aliphatic carbocycles. The predicted octanol–water partition coefficient (Wildman–Crippen LogP) is 1.83. The Morgan fingerprint density at radius 1 is 1.24 bits per heavy atom. The van der Waals surface area contributed by atoms with Gasteiger partial charge in [-0.15, -0.1) is 0 Å². The maximum atomic E-state index is 9.88. The lowest BCUT2D eigenvalue weighted by Crippen LogP contribution is -2.22. The Morgan fingerprint density at radius 3 is 2.35 bits per heavy atom. The van der Waals surface area contributed by atoms with Gasteiger partial charge in [-0.05, 0) is 37.3 Å². The van der Waals surface area contributed by atoms with E-state index in [9.17, 15) is 5.11 Å². The van der Waals surface area contributed by atoms with Gasteiger partial charge in [0.25, 0.3) is 0 Å². The topological polar surface area (TPSA) is 64.7 Å². The molecule has 4 heteroatoms. The fourth-order valence-corrected chi connectivity index (χ4v) is 1.90. The summed E-state index contributed by atoms with van der Waals surface area (Å²) >= 11 is 0. The van der Waals surface area contributed by atoms with Crippen LogP contribution in [-0.2, 0) is 6.42 Å². The average Bonchev–Trinajstić information content (AvgIpc) is 3.05. The molecule has 0 radical (unpaired) electrons. The summed E-state index contributed by atoms with van der Waals surface area (Å²) in [5.74, 6) is 1.43. The first kappa shape index (κ1) is 12.0. The van der Waals surface area contributed by atoms with Crippen LogP contribution in [0.3, 0.4) is 0 Å². The molecule has 0 spiro atoms. The van der Waals surface area contributed by atoms with E-state index in [1.54, 1.807) is 20.3 Å². The van der Waals surface area contributed by atoms with Crippen molar-refractivity contribution < 1.29 is 14.6 Å². The Bertz CT molecular complexity index is 413. The highest BCUT2D eigenvalue weighted by Crippen LogP contribution is 2.39. The highest BCUT2D eigenvalue weighted by atomic mass is 16.5. The molecule has 94 valence electrons. The zero-order valence-corrected chi connectivity index (χ0v) is 10.3. The molecule has 0 aliphatic heterocycles. The third kappa shape index (κ3) is 2.64. The number of hydrogen-bond donors (Lipinski definition) is 2. The summed E-state index contributed by atoms with van der Waals surface area (Å²) in [6.45, 7) is 0. The lowest BCUT2D eigenvalue weighted by Gasteiger charge is -2.13. The SMILES string of the molecule is COc1cc(O)c(CCC2(N)CC2)cc1OC. The molecule has 0 atom stereocenters. The van der Waals surface area contributed by atoms with Gasteiger partial charge in [-0.3, -0.25) is 0 Å². The van der Waals surface area contributed by atoms with E-state index in [4.69, 9.17) is 15.2 Å². The van der Waals surface area contributed by atoms with Gasteiger partial charge in [0.05, 0.1) is 14.2 Å². The first-order valence-electron chi connectivity index (χ1n) is 5.81. The van der Waals surface area contributed by atoms with Gasteiger partial charge in [0.15, 0.2) is 11.5 Å². The van der Waals surface area contributed by atoms with Gasteiger partial charge in [0.1, 0.15) is 5.75 Å². The van der Waals surface area contributed by atoms with Crippen LogP contribution >= 0.6 is 0 Å². The maximum absolute atomic E-state index is 9.88. The van der Waals surface area contributed by atoms with Crippen LogP contribution in [0.4, 0.5) is 0 Å². The molecule has 3 N–H and O–H groups in total. The Balaban J connectivity index is 2.15. The van der Waals surface area contributed by atoms with Crippen molar-refractivity contribution in [3.63, 3.8) is 0 Å². The molecule has 1 aromatic carbocycles. The summed E-state index contributed by atoms with van der Waals surface area (Å²) in [4.78, 5) is 0. The van der Waals surface area contributed by atoms with Crippen LogP contribution < -0.4 is 15.2 Å². The van der Waals surface area contributed by atoms with Gasteiger partial charge in [0.2, 0.25) is 0 Å². The molecule has 1 saturated carbocycles. The van der Waals surface area contributed by atoms with Gasteiger partial charge in [-0.1, -0.05) is 0 Å². The molecular weight excluding hydrogens is 218 g/mol. The number of aromatic hydroxyl groups is 1. The number of methoxy groups -OCH3 is 2. The van der Waals surface area contributed by atoms with E-state index in [-0.39, 0.29) is 11.3 Å². The Hall–Kier alpha value is -1.42. The molecule has 0 amide bonds. The maximum Gasteiger partial charge on any atom is 0.164 e. The van der Waals surface area contributed by atoms with Gasteiger partial charge >= 0.3 is 0 Å². The van der Waals surface area contributed by atoms with Gasteiger partial charge < -0.3 is 20.3 Å². The van der Waals surface area contributed by atoms with Crippen LogP contribution in [0.1, 0.15) is 24.8 Å². The van der Waals surface area contributed by atoms with E-state index in [0.717, 1.165) is 31.2 Å². The lowest BCUT2D eigenvalue weighted by atomic mass is 10.0. The summed E-state index contributed by atoms with van der Waals surface area (Å²) in [5, 5.41) is 9.88. The van der Waals surface area contributed by atoms with Crippen LogP contribution in [0.25, 0.3) is 0 Å². The Morgan fingerprint density at radius 2 is 1.82 bits per heavy atom. The number of rotatable bonds is 5. The number of phenols is 1. The summed E-state index contributed by atoms with van der Waals surface area (Å²) in [6.07, 6.45) is 3.83. The average molecular weight is 237 g/mol.